The van der Waals surface area contributed by atoms with Crippen LogP contribution in [-0.4, -0.2) is 17.4 Å². The van der Waals surface area contributed by atoms with Crippen molar-refractivity contribution in [3.8, 4) is 5.75 Å². The molecule has 0 aliphatic heterocycles. The van der Waals surface area contributed by atoms with Gasteiger partial charge in [0.05, 0.1) is 23.4 Å². The quantitative estimate of drug-likeness (QED) is 0.261. The van der Waals surface area contributed by atoms with E-state index in [0.717, 1.165) is 6.07 Å². The second-order valence-electron chi connectivity index (χ2n) is 3.35. The zero-order valence-corrected chi connectivity index (χ0v) is 8.98. The minimum Gasteiger partial charge on any atom is -0.490 e. The Bertz CT molecular complexity index is 437. The number of hydrogen-bond donors (Lipinski definition) is 2. The molecule has 0 saturated heterocycles. The van der Waals surface area contributed by atoms with E-state index in [1.54, 1.807) is 0 Å². The summed E-state index contributed by atoms with van der Waals surface area (Å²) in [4.78, 5) is 9.68. The standard InChI is InChI=1S/C10H12FN3O3/c11-8-6-7(14(15)16)3-4-9(8)17-5-1-2-10(12)13/h3-4,6H,1-2,5H2,(H3,12,13). The highest BCUT2D eigenvalue weighted by molar-refractivity contribution is 5.76. The molecule has 0 unspecified atom stereocenters. The van der Waals surface area contributed by atoms with Gasteiger partial charge in [0.1, 0.15) is 0 Å². The van der Waals surface area contributed by atoms with Gasteiger partial charge in [-0.1, -0.05) is 0 Å². The topological polar surface area (TPSA) is 102 Å². The molecule has 1 rings (SSSR count). The van der Waals surface area contributed by atoms with Gasteiger partial charge in [-0.15, -0.1) is 0 Å². The van der Waals surface area contributed by atoms with Gasteiger partial charge < -0.3 is 10.5 Å². The van der Waals surface area contributed by atoms with E-state index < -0.39 is 10.7 Å². The van der Waals surface area contributed by atoms with Gasteiger partial charge in [0.15, 0.2) is 11.6 Å². The van der Waals surface area contributed by atoms with Gasteiger partial charge in [-0.2, -0.15) is 0 Å². The van der Waals surface area contributed by atoms with Crippen LogP contribution in [0.4, 0.5) is 10.1 Å². The predicted molar refractivity (Wildman–Crippen MR) is 59.7 cm³/mol. The second kappa shape index (κ2) is 5.78. The maximum atomic E-state index is 13.3. The second-order valence-corrected chi connectivity index (χ2v) is 3.35. The Morgan fingerprint density at radius 2 is 2.29 bits per heavy atom. The molecule has 17 heavy (non-hydrogen) atoms. The Balaban J connectivity index is 2.54. The molecule has 1 aromatic carbocycles. The lowest BCUT2D eigenvalue weighted by Gasteiger charge is -2.06. The van der Waals surface area contributed by atoms with Crippen molar-refractivity contribution in [2.75, 3.05) is 6.61 Å². The number of halogens is 1. The number of amidine groups is 1. The van der Waals surface area contributed by atoms with E-state index in [4.69, 9.17) is 15.9 Å². The van der Waals surface area contributed by atoms with Gasteiger partial charge >= 0.3 is 0 Å². The molecule has 0 atom stereocenters. The number of non-ortho nitro benzene ring substituents is 1. The largest absolute Gasteiger partial charge is 0.490 e. The van der Waals surface area contributed by atoms with Gasteiger partial charge in [-0.25, -0.2) is 4.39 Å². The van der Waals surface area contributed by atoms with E-state index in [9.17, 15) is 14.5 Å². The van der Waals surface area contributed by atoms with E-state index in [2.05, 4.69) is 0 Å². The molecule has 0 aliphatic carbocycles. The summed E-state index contributed by atoms with van der Waals surface area (Å²) >= 11 is 0. The molecule has 0 bridgehead atoms. The van der Waals surface area contributed by atoms with E-state index in [1.807, 2.05) is 0 Å². The third-order valence-corrected chi connectivity index (χ3v) is 1.97. The average Bonchev–Trinajstić information content (AvgIpc) is 2.25. The summed E-state index contributed by atoms with van der Waals surface area (Å²) in [5, 5.41) is 17.3. The van der Waals surface area contributed by atoms with Crippen molar-refractivity contribution >= 4 is 11.5 Å². The maximum Gasteiger partial charge on any atom is 0.272 e. The van der Waals surface area contributed by atoms with E-state index in [1.165, 1.54) is 12.1 Å². The number of hydrogen-bond acceptors (Lipinski definition) is 4. The highest BCUT2D eigenvalue weighted by Crippen LogP contribution is 2.22. The molecule has 0 fully saturated rings. The molecule has 1 aromatic rings. The molecule has 0 aromatic heterocycles. The number of rotatable bonds is 6. The SMILES string of the molecule is N=C(N)CCCOc1ccc([N+](=O)[O-])cc1F. The molecule has 0 heterocycles. The first-order valence-corrected chi connectivity index (χ1v) is 4.90. The van der Waals surface area contributed by atoms with Crippen LogP contribution in [0.25, 0.3) is 0 Å². The summed E-state index contributed by atoms with van der Waals surface area (Å²) in [6, 6.07) is 3.19. The van der Waals surface area contributed by atoms with Crippen LogP contribution in [0.15, 0.2) is 18.2 Å². The minimum absolute atomic E-state index is 0.0396. The molecule has 3 N–H and O–H groups in total. The van der Waals surface area contributed by atoms with Crippen molar-refractivity contribution in [2.24, 2.45) is 5.73 Å². The van der Waals surface area contributed by atoms with E-state index in [-0.39, 0.29) is 23.9 Å². The lowest BCUT2D eigenvalue weighted by atomic mass is 10.3. The molecule has 0 radical (unpaired) electrons. The molecule has 6 nitrogen and oxygen atoms in total. The van der Waals surface area contributed by atoms with E-state index in [0.29, 0.717) is 12.8 Å². The van der Waals surface area contributed by atoms with Crippen LogP contribution in [0.2, 0.25) is 0 Å². The van der Waals surface area contributed by atoms with Crippen molar-refractivity contribution in [1.82, 2.24) is 0 Å². The smallest absolute Gasteiger partial charge is 0.272 e. The lowest BCUT2D eigenvalue weighted by Crippen LogP contribution is -2.11. The van der Waals surface area contributed by atoms with Crippen molar-refractivity contribution in [2.45, 2.75) is 12.8 Å². The van der Waals surface area contributed by atoms with Crippen LogP contribution in [-0.2, 0) is 0 Å². The van der Waals surface area contributed by atoms with Crippen LogP contribution in [0.3, 0.4) is 0 Å². The Kier molecular flexibility index (Phi) is 4.38. The summed E-state index contributed by atoms with van der Waals surface area (Å²) in [7, 11) is 0. The van der Waals surface area contributed by atoms with E-state index >= 15 is 0 Å². The molecule has 0 amide bonds. The van der Waals surface area contributed by atoms with Gasteiger partial charge in [0.2, 0.25) is 0 Å². The molecule has 92 valence electrons. The first kappa shape index (κ1) is 12.9. The lowest BCUT2D eigenvalue weighted by molar-refractivity contribution is -0.385. The number of nitro benzene ring substituents is 1. The number of ether oxygens (including phenoxy) is 1. The highest BCUT2D eigenvalue weighted by Gasteiger charge is 2.11. The predicted octanol–water partition coefficient (Wildman–Crippen LogP) is 1.83. The summed E-state index contributed by atoms with van der Waals surface area (Å²) < 4.78 is 18.4. The molecule has 0 saturated carbocycles. The molecule has 7 heteroatoms. The van der Waals surface area contributed by atoms with Gasteiger partial charge in [-0.05, 0) is 12.5 Å². The minimum atomic E-state index is -0.776. The van der Waals surface area contributed by atoms with Crippen LogP contribution in [0.1, 0.15) is 12.8 Å². The normalized spacial score (nSPS) is 9.94. The summed E-state index contributed by atoms with van der Waals surface area (Å²) in [6.45, 7) is 0.203. The fraction of sp³-hybridized carbons (Fsp3) is 0.300. The first-order chi connectivity index (χ1) is 8.00. The summed E-state index contributed by atoms with van der Waals surface area (Å²) in [5.74, 6) is -0.779. The monoisotopic (exact) mass is 241 g/mol. The van der Waals surface area contributed by atoms with Crippen LogP contribution in [0.5, 0.6) is 5.75 Å². The first-order valence-electron chi connectivity index (χ1n) is 4.90. The van der Waals surface area contributed by atoms with Crippen LogP contribution < -0.4 is 10.5 Å². The number of nitrogens with one attached hydrogen (secondary N) is 1. The Morgan fingerprint density at radius 3 is 2.82 bits per heavy atom. The molecular weight excluding hydrogens is 229 g/mol. The van der Waals surface area contributed by atoms with Crippen LogP contribution in [0, 0.1) is 21.3 Å². The maximum absolute atomic E-state index is 13.3. The van der Waals surface area contributed by atoms with Crippen molar-refractivity contribution in [3.05, 3.63) is 34.1 Å². The average molecular weight is 241 g/mol. The van der Waals surface area contributed by atoms with Gasteiger partial charge in [-0.3, -0.25) is 15.5 Å². The number of nitrogens with zero attached hydrogens (tertiary/aromatic N) is 1. The number of benzene rings is 1. The third-order valence-electron chi connectivity index (χ3n) is 1.97. The third kappa shape index (κ3) is 4.06. The fourth-order valence-corrected chi connectivity index (χ4v) is 1.17. The molecule has 0 aliphatic rings. The zero-order chi connectivity index (χ0) is 12.8. The van der Waals surface area contributed by atoms with Gasteiger partial charge in [0, 0.05) is 12.5 Å². The Morgan fingerprint density at radius 1 is 1.59 bits per heavy atom. The Hall–Kier alpha value is -2.18. The number of nitrogens with two attached hydrogens (primary N) is 1. The van der Waals surface area contributed by atoms with Crippen molar-refractivity contribution in [3.63, 3.8) is 0 Å². The van der Waals surface area contributed by atoms with Crippen LogP contribution >= 0.6 is 0 Å². The number of nitro groups is 1. The van der Waals surface area contributed by atoms with Crippen molar-refractivity contribution < 1.29 is 14.1 Å². The van der Waals surface area contributed by atoms with Gasteiger partial charge in [0.25, 0.3) is 5.69 Å². The fourth-order valence-electron chi connectivity index (χ4n) is 1.17. The van der Waals surface area contributed by atoms with Crippen molar-refractivity contribution in [1.29, 1.82) is 5.41 Å². The molecule has 0 spiro atoms. The molecular formula is C10H12FN3O3. The Labute approximate surface area is 96.8 Å². The zero-order valence-electron chi connectivity index (χ0n) is 8.98. The highest BCUT2D eigenvalue weighted by atomic mass is 19.1. The summed E-state index contributed by atoms with van der Waals surface area (Å²) in [6.07, 6.45) is 0.861. The summed E-state index contributed by atoms with van der Waals surface area (Å²) in [5.41, 5.74) is 4.81.